The predicted octanol–water partition coefficient (Wildman–Crippen LogP) is 6.50. The average molecular weight is 360 g/mol. The predicted molar refractivity (Wildman–Crippen MR) is 114 cm³/mol. The second-order valence-electron chi connectivity index (χ2n) is 9.59. The van der Waals surface area contributed by atoms with Crippen molar-refractivity contribution in [2.24, 2.45) is 28.4 Å². The monoisotopic (exact) mass is 359 g/mol. The summed E-state index contributed by atoms with van der Waals surface area (Å²) in [4.78, 5) is 0. The quantitative estimate of drug-likeness (QED) is 0.623. The Morgan fingerprint density at radius 3 is 2.28 bits per heavy atom. The highest BCUT2D eigenvalue weighted by atomic mass is 32.1. The van der Waals surface area contributed by atoms with E-state index in [4.69, 9.17) is 0 Å². The second kappa shape index (κ2) is 7.78. The lowest BCUT2D eigenvalue weighted by atomic mass is 9.43. The number of hydrogen-bond acceptors (Lipinski definition) is 1. The summed E-state index contributed by atoms with van der Waals surface area (Å²) in [6.45, 7) is 12.5. The molecule has 2 bridgehead atoms. The van der Waals surface area contributed by atoms with E-state index in [1.165, 1.54) is 38.5 Å². The maximum absolute atomic E-state index is 4.54. The zero-order valence-corrected chi connectivity index (χ0v) is 17.7. The molecule has 1 aromatic rings. The van der Waals surface area contributed by atoms with Crippen LogP contribution in [0.1, 0.15) is 78.7 Å². The van der Waals surface area contributed by atoms with Crippen LogP contribution in [0.25, 0.3) is 0 Å². The summed E-state index contributed by atoms with van der Waals surface area (Å²) in [5.74, 6) is 1.72. The van der Waals surface area contributed by atoms with Gasteiger partial charge in [-0.05, 0) is 65.7 Å². The molecule has 2 fully saturated rings. The van der Waals surface area contributed by atoms with Gasteiger partial charge in [0.1, 0.15) is 0 Å². The Bertz CT molecular complexity index is 563. The van der Waals surface area contributed by atoms with Gasteiger partial charge in [-0.25, -0.2) is 0 Å². The molecule has 1 aromatic carbocycles. The first kappa shape index (κ1) is 20.4. The molecule has 2 N–H and O–H groups in total. The summed E-state index contributed by atoms with van der Waals surface area (Å²) in [6.07, 6.45) is 8.32. The molecule has 0 radical (unpaired) electrons. The molecule has 2 aliphatic rings. The number of rotatable bonds is 3. The first-order valence-corrected chi connectivity index (χ1v) is 10.4. The molecule has 2 heteroatoms. The third kappa shape index (κ3) is 4.10. The Hall–Kier alpha value is -0.890. The Morgan fingerprint density at radius 2 is 1.72 bits per heavy atom. The number of thiocarbonyl (C=S) groups is 1. The van der Waals surface area contributed by atoms with Crippen LogP contribution >= 0.6 is 12.2 Å². The smallest absolute Gasteiger partial charge is 0.0588 e. The van der Waals surface area contributed by atoms with Crippen molar-refractivity contribution in [2.45, 2.75) is 78.6 Å². The molecule has 0 aliphatic heterocycles. The van der Waals surface area contributed by atoms with Gasteiger partial charge in [0.05, 0.1) is 5.49 Å². The van der Waals surface area contributed by atoms with Crippen molar-refractivity contribution in [2.75, 3.05) is 0 Å². The third-order valence-electron chi connectivity index (χ3n) is 7.18. The molecule has 3 rings (SSSR count). The van der Waals surface area contributed by atoms with E-state index in [1.54, 1.807) is 5.56 Å². The Morgan fingerprint density at radius 1 is 1.12 bits per heavy atom. The number of hydrogen-bond donors (Lipinski definition) is 1. The average Bonchev–Trinajstić information content (AvgIpc) is 2.54. The van der Waals surface area contributed by atoms with E-state index in [0.717, 1.165) is 17.3 Å². The van der Waals surface area contributed by atoms with E-state index in [2.05, 4.69) is 82.9 Å². The standard InChI is InChI=1S/C22H34.CH3NS/c1-6-12-21(5)17(2)13-22(18-10-8-7-9-11-18)15-19(21)14-20(3,4)16-22;2-1-3/h7-11,17,19H,6,12-16H2,1-5H3;1H,(H2,2,3). The number of fused-ring (bicyclic) bond motifs is 2. The Kier molecular flexibility index (Phi) is 6.35. The van der Waals surface area contributed by atoms with E-state index in [0.29, 0.717) is 16.2 Å². The Balaban J connectivity index is 0.000000701. The van der Waals surface area contributed by atoms with Gasteiger partial charge >= 0.3 is 0 Å². The van der Waals surface area contributed by atoms with Gasteiger partial charge < -0.3 is 5.73 Å². The minimum absolute atomic E-state index is 0.431. The summed E-state index contributed by atoms with van der Waals surface area (Å²) < 4.78 is 0. The molecule has 140 valence electrons. The molecule has 4 atom stereocenters. The van der Waals surface area contributed by atoms with Crippen molar-refractivity contribution in [1.82, 2.24) is 0 Å². The molecule has 25 heavy (non-hydrogen) atoms. The molecular weight excluding hydrogens is 322 g/mol. The fourth-order valence-electron chi connectivity index (χ4n) is 6.23. The van der Waals surface area contributed by atoms with E-state index in [1.807, 2.05) is 0 Å². The number of nitrogens with two attached hydrogens (primary N) is 1. The van der Waals surface area contributed by atoms with Crippen LogP contribution in [0, 0.1) is 22.7 Å². The van der Waals surface area contributed by atoms with Gasteiger partial charge in [-0.2, -0.15) is 0 Å². The zero-order chi connectivity index (χ0) is 18.7. The molecule has 0 saturated heterocycles. The number of benzene rings is 1. The van der Waals surface area contributed by atoms with Crippen molar-refractivity contribution in [3.05, 3.63) is 35.9 Å². The highest BCUT2D eigenvalue weighted by Crippen LogP contribution is 2.64. The fourth-order valence-corrected chi connectivity index (χ4v) is 6.23. The molecule has 0 spiro atoms. The molecule has 4 unspecified atom stereocenters. The van der Waals surface area contributed by atoms with Crippen molar-refractivity contribution in [3.8, 4) is 0 Å². The SMILES string of the molecule is CCCC1(C)C(C)CC2(c3ccccc3)CC1CC(C)(C)C2.NC=S. The minimum atomic E-state index is 0.431. The summed E-state index contributed by atoms with van der Waals surface area (Å²) in [6, 6.07) is 11.4. The highest BCUT2D eigenvalue weighted by molar-refractivity contribution is 7.78. The van der Waals surface area contributed by atoms with Gasteiger partial charge in [0.2, 0.25) is 0 Å². The van der Waals surface area contributed by atoms with Crippen LogP contribution in [-0.4, -0.2) is 5.49 Å². The maximum atomic E-state index is 4.54. The van der Waals surface area contributed by atoms with Crippen molar-refractivity contribution >= 4 is 17.7 Å². The molecule has 0 amide bonds. The van der Waals surface area contributed by atoms with Crippen LogP contribution in [0.3, 0.4) is 0 Å². The van der Waals surface area contributed by atoms with Crippen molar-refractivity contribution in [1.29, 1.82) is 0 Å². The summed E-state index contributed by atoms with van der Waals surface area (Å²) >= 11 is 4.05. The van der Waals surface area contributed by atoms with Crippen LogP contribution in [0.2, 0.25) is 0 Å². The Labute approximate surface area is 160 Å². The highest BCUT2D eigenvalue weighted by Gasteiger charge is 2.56. The lowest BCUT2D eigenvalue weighted by Gasteiger charge is -2.61. The lowest BCUT2D eigenvalue weighted by molar-refractivity contribution is -0.0740. The topological polar surface area (TPSA) is 26.0 Å². The molecule has 2 aliphatic carbocycles. The summed E-state index contributed by atoms with van der Waals surface area (Å²) in [5.41, 5.74) is 8.69. The van der Waals surface area contributed by atoms with Gasteiger partial charge in [0.25, 0.3) is 0 Å². The van der Waals surface area contributed by atoms with Gasteiger partial charge in [-0.15, -0.1) is 0 Å². The molecule has 0 heterocycles. The van der Waals surface area contributed by atoms with E-state index >= 15 is 0 Å². The van der Waals surface area contributed by atoms with E-state index in [9.17, 15) is 0 Å². The summed E-state index contributed by atoms with van der Waals surface area (Å²) in [7, 11) is 0. The van der Waals surface area contributed by atoms with Gasteiger partial charge in [-0.3, -0.25) is 0 Å². The molecule has 1 nitrogen and oxygen atoms in total. The zero-order valence-electron chi connectivity index (χ0n) is 16.8. The van der Waals surface area contributed by atoms with Crippen LogP contribution in [-0.2, 0) is 5.41 Å². The van der Waals surface area contributed by atoms with Crippen LogP contribution in [0.15, 0.2) is 30.3 Å². The normalized spacial score (nSPS) is 36.0. The molecular formula is C23H37NS. The first-order valence-electron chi connectivity index (χ1n) is 9.94. The van der Waals surface area contributed by atoms with Crippen LogP contribution in [0.4, 0.5) is 0 Å². The van der Waals surface area contributed by atoms with Crippen molar-refractivity contribution in [3.63, 3.8) is 0 Å². The second-order valence-corrected chi connectivity index (χ2v) is 9.86. The maximum Gasteiger partial charge on any atom is 0.0588 e. The largest absolute Gasteiger partial charge is 0.396 e. The lowest BCUT2D eigenvalue weighted by Crippen LogP contribution is -2.53. The van der Waals surface area contributed by atoms with Crippen molar-refractivity contribution < 1.29 is 0 Å². The van der Waals surface area contributed by atoms with Crippen LogP contribution < -0.4 is 5.73 Å². The van der Waals surface area contributed by atoms with Crippen LogP contribution in [0.5, 0.6) is 0 Å². The third-order valence-corrected chi connectivity index (χ3v) is 7.18. The fraction of sp³-hybridized carbons (Fsp3) is 0.696. The minimum Gasteiger partial charge on any atom is -0.396 e. The van der Waals surface area contributed by atoms with Gasteiger partial charge in [0.15, 0.2) is 0 Å². The van der Waals surface area contributed by atoms with E-state index in [-0.39, 0.29) is 0 Å². The van der Waals surface area contributed by atoms with E-state index < -0.39 is 0 Å². The summed E-state index contributed by atoms with van der Waals surface area (Å²) in [5, 5.41) is 0. The molecule has 0 aromatic heterocycles. The van der Waals surface area contributed by atoms with Gasteiger partial charge in [-0.1, -0.05) is 83.6 Å². The molecule has 2 saturated carbocycles. The first-order chi connectivity index (χ1) is 11.7. The van der Waals surface area contributed by atoms with Gasteiger partial charge in [0, 0.05) is 0 Å².